The van der Waals surface area contributed by atoms with Crippen molar-refractivity contribution in [3.8, 4) is 0 Å². The smallest absolute Gasteiger partial charge is 0.258 e. The first-order valence-electron chi connectivity index (χ1n) is 4.46. The summed E-state index contributed by atoms with van der Waals surface area (Å²) in [5.41, 5.74) is -0.533. The zero-order valence-electron chi connectivity index (χ0n) is 8.47. The molecule has 1 aromatic heterocycles. The van der Waals surface area contributed by atoms with Crippen LogP contribution < -0.4 is 0 Å². The van der Waals surface area contributed by atoms with Crippen molar-refractivity contribution in [3.05, 3.63) is 27.0 Å². The number of hydrogen-bond donors (Lipinski definition) is 0. The highest BCUT2D eigenvalue weighted by atomic mass is 79.9. The lowest BCUT2D eigenvalue weighted by Crippen LogP contribution is -2.11. The molecule has 0 N–H and O–H groups in total. The molecule has 0 saturated heterocycles. The molecule has 0 aliphatic heterocycles. The highest BCUT2D eigenvalue weighted by molar-refractivity contribution is 9.10. The third kappa shape index (κ3) is 3.36. The number of alkyl halides is 1. The molecule has 0 radical (unpaired) electrons. The van der Waals surface area contributed by atoms with Crippen LogP contribution >= 0.6 is 27.5 Å². The molecule has 0 aliphatic rings. The first kappa shape index (κ1) is 14.3. The summed E-state index contributed by atoms with van der Waals surface area (Å²) in [4.78, 5) is 13.2. The second-order valence-corrected chi connectivity index (χ2v) is 6.37. The Kier molecular flexibility index (Phi) is 4.84. The van der Waals surface area contributed by atoms with E-state index in [1.165, 1.54) is 6.20 Å². The van der Waals surface area contributed by atoms with Gasteiger partial charge in [0.05, 0.1) is 15.1 Å². The Morgan fingerprint density at radius 3 is 2.65 bits per heavy atom. The quantitative estimate of drug-likeness (QED) is 0.464. The Balaban J connectivity index is 3.34. The van der Waals surface area contributed by atoms with Crippen LogP contribution in [0, 0.1) is 10.1 Å². The van der Waals surface area contributed by atoms with Crippen molar-refractivity contribution in [2.75, 3.05) is 11.6 Å². The van der Waals surface area contributed by atoms with Crippen molar-refractivity contribution in [2.24, 2.45) is 0 Å². The average Bonchev–Trinajstić information content (AvgIpc) is 2.25. The highest BCUT2D eigenvalue weighted by Gasteiger charge is 2.28. The molecular formula is C8H8BrClN2O4S. The molecule has 0 unspecified atom stereocenters. The van der Waals surface area contributed by atoms with Gasteiger partial charge in [0.15, 0.2) is 14.7 Å². The van der Waals surface area contributed by atoms with Gasteiger partial charge in [0.1, 0.15) is 6.20 Å². The van der Waals surface area contributed by atoms with E-state index in [1.807, 2.05) is 0 Å². The lowest BCUT2D eigenvalue weighted by atomic mass is 10.4. The Hall–Kier alpha value is -0.730. The van der Waals surface area contributed by atoms with Gasteiger partial charge in [-0.15, -0.1) is 11.6 Å². The molecule has 0 amide bonds. The van der Waals surface area contributed by atoms with Crippen LogP contribution in [-0.2, 0) is 9.84 Å². The van der Waals surface area contributed by atoms with Gasteiger partial charge >= 0.3 is 5.69 Å². The summed E-state index contributed by atoms with van der Waals surface area (Å²) in [6.07, 6.45) is 2.36. The molecule has 94 valence electrons. The molecule has 0 saturated carbocycles. The van der Waals surface area contributed by atoms with Gasteiger partial charge in [-0.2, -0.15) is 0 Å². The largest absolute Gasteiger partial charge is 0.307 e. The number of pyridine rings is 1. The molecule has 9 heteroatoms. The zero-order chi connectivity index (χ0) is 13.1. The van der Waals surface area contributed by atoms with Crippen LogP contribution in [0.25, 0.3) is 0 Å². The van der Waals surface area contributed by atoms with E-state index < -0.39 is 20.4 Å². The topological polar surface area (TPSA) is 90.2 Å². The van der Waals surface area contributed by atoms with E-state index >= 15 is 0 Å². The zero-order valence-corrected chi connectivity index (χ0v) is 11.6. The summed E-state index contributed by atoms with van der Waals surface area (Å²) < 4.78 is 23.9. The standard InChI is InChI=1S/C8H8BrClN2O4S/c9-6-4-11-5-7(12(13)14)8(6)17(15,16)3-1-2-10/h4-5H,1-3H2. The minimum absolute atomic E-state index is 0.0845. The SMILES string of the molecule is O=[N+]([O-])c1cncc(Br)c1S(=O)(=O)CCCCl. The molecule has 0 aliphatic carbocycles. The van der Waals surface area contributed by atoms with E-state index in [2.05, 4.69) is 20.9 Å². The Morgan fingerprint density at radius 2 is 2.12 bits per heavy atom. The van der Waals surface area contributed by atoms with Crippen LogP contribution in [0.3, 0.4) is 0 Å². The number of aromatic nitrogens is 1. The second kappa shape index (κ2) is 5.74. The average molecular weight is 344 g/mol. The first-order chi connectivity index (χ1) is 7.90. The third-order valence-electron chi connectivity index (χ3n) is 1.89. The lowest BCUT2D eigenvalue weighted by Gasteiger charge is -2.05. The Bertz CT molecular complexity index is 534. The summed E-state index contributed by atoms with van der Waals surface area (Å²) in [6, 6.07) is 0. The monoisotopic (exact) mass is 342 g/mol. The maximum absolute atomic E-state index is 11.9. The fourth-order valence-corrected chi connectivity index (χ4v) is 4.07. The van der Waals surface area contributed by atoms with Gasteiger partial charge in [-0.3, -0.25) is 15.1 Å². The van der Waals surface area contributed by atoms with E-state index in [0.717, 1.165) is 6.20 Å². The normalized spacial score (nSPS) is 11.4. The molecule has 1 heterocycles. The van der Waals surface area contributed by atoms with E-state index in [9.17, 15) is 18.5 Å². The van der Waals surface area contributed by atoms with Crippen molar-refractivity contribution < 1.29 is 13.3 Å². The van der Waals surface area contributed by atoms with Crippen molar-refractivity contribution in [1.29, 1.82) is 0 Å². The van der Waals surface area contributed by atoms with Crippen LogP contribution in [0.15, 0.2) is 21.8 Å². The second-order valence-electron chi connectivity index (χ2n) is 3.09. The molecule has 0 fully saturated rings. The summed E-state index contributed by atoms with van der Waals surface area (Å²) in [5.74, 6) is -0.0598. The maximum atomic E-state index is 11.9. The van der Waals surface area contributed by atoms with E-state index in [-0.39, 0.29) is 27.4 Å². The van der Waals surface area contributed by atoms with Crippen LogP contribution in [0.1, 0.15) is 6.42 Å². The van der Waals surface area contributed by atoms with Gasteiger partial charge in [-0.05, 0) is 22.4 Å². The van der Waals surface area contributed by atoms with Crippen LogP contribution in [0.5, 0.6) is 0 Å². The summed E-state index contributed by atoms with van der Waals surface area (Å²) in [6.45, 7) is 0. The third-order valence-corrected chi connectivity index (χ3v) is 4.90. The number of rotatable bonds is 5. The van der Waals surface area contributed by atoms with E-state index in [1.54, 1.807) is 0 Å². The molecule has 0 atom stereocenters. The van der Waals surface area contributed by atoms with Gasteiger partial charge in [0, 0.05) is 12.1 Å². The van der Waals surface area contributed by atoms with E-state index in [4.69, 9.17) is 11.6 Å². The molecular weight excluding hydrogens is 336 g/mol. The summed E-state index contributed by atoms with van der Waals surface area (Å²) >= 11 is 8.38. The molecule has 6 nitrogen and oxygen atoms in total. The maximum Gasteiger partial charge on any atom is 0.307 e. The van der Waals surface area contributed by atoms with Crippen molar-refractivity contribution in [2.45, 2.75) is 11.3 Å². The fraction of sp³-hybridized carbons (Fsp3) is 0.375. The molecule has 17 heavy (non-hydrogen) atoms. The van der Waals surface area contributed by atoms with Crippen LogP contribution in [-0.4, -0.2) is 30.0 Å². The summed E-state index contributed by atoms with van der Waals surface area (Å²) in [7, 11) is -3.74. The van der Waals surface area contributed by atoms with Crippen molar-refractivity contribution in [1.82, 2.24) is 4.98 Å². The van der Waals surface area contributed by atoms with Crippen LogP contribution in [0.2, 0.25) is 0 Å². The molecule has 0 bridgehead atoms. The van der Waals surface area contributed by atoms with Gasteiger partial charge < -0.3 is 0 Å². The minimum atomic E-state index is -3.74. The highest BCUT2D eigenvalue weighted by Crippen LogP contribution is 2.31. The number of halogens is 2. The number of nitro groups is 1. The van der Waals surface area contributed by atoms with Gasteiger partial charge in [-0.1, -0.05) is 0 Å². The van der Waals surface area contributed by atoms with Gasteiger partial charge in [-0.25, -0.2) is 8.42 Å². The number of nitrogens with zero attached hydrogens (tertiary/aromatic N) is 2. The Morgan fingerprint density at radius 1 is 1.47 bits per heavy atom. The van der Waals surface area contributed by atoms with Gasteiger partial charge in [0.25, 0.3) is 0 Å². The fourth-order valence-electron chi connectivity index (χ4n) is 1.20. The first-order valence-corrected chi connectivity index (χ1v) is 7.44. The number of sulfone groups is 1. The minimum Gasteiger partial charge on any atom is -0.258 e. The summed E-state index contributed by atoms with van der Waals surface area (Å²) in [5, 5.41) is 10.7. The van der Waals surface area contributed by atoms with Crippen molar-refractivity contribution in [3.63, 3.8) is 0 Å². The molecule has 1 aromatic rings. The predicted octanol–water partition coefficient (Wildman–Crippen LogP) is 2.15. The number of hydrogen-bond acceptors (Lipinski definition) is 5. The van der Waals surface area contributed by atoms with E-state index in [0.29, 0.717) is 0 Å². The molecule has 0 spiro atoms. The van der Waals surface area contributed by atoms with Gasteiger partial charge in [0.2, 0.25) is 0 Å². The predicted molar refractivity (Wildman–Crippen MR) is 66.0 cm³/mol. The molecule has 0 aromatic carbocycles. The lowest BCUT2D eigenvalue weighted by molar-refractivity contribution is -0.388. The Labute approximate surface area is 111 Å². The van der Waals surface area contributed by atoms with Crippen LogP contribution in [0.4, 0.5) is 5.69 Å². The molecule has 1 rings (SSSR count). The van der Waals surface area contributed by atoms with Crippen molar-refractivity contribution >= 4 is 43.1 Å².